The SMILES string of the molecule is Cc1cc(C)n(CC(=O)N2CSC[C@H]2C(=O)O)n1. The number of carboxylic acids is 1. The lowest BCUT2D eigenvalue weighted by Crippen LogP contribution is -2.43. The molecule has 1 aliphatic rings. The van der Waals surface area contributed by atoms with Crippen molar-refractivity contribution in [1.29, 1.82) is 0 Å². The standard InChI is InChI=1S/C11H15N3O3S/c1-7-3-8(2)14(12-7)4-10(15)13-6-18-5-9(13)11(16)17/h3,9H,4-6H2,1-2H3,(H,16,17)/t9-/m0/s1. The van der Waals surface area contributed by atoms with Crippen LogP contribution in [0.4, 0.5) is 0 Å². The van der Waals surface area contributed by atoms with Crippen LogP contribution in [0.1, 0.15) is 11.4 Å². The van der Waals surface area contributed by atoms with Gasteiger partial charge in [-0.3, -0.25) is 9.48 Å². The maximum absolute atomic E-state index is 12.1. The van der Waals surface area contributed by atoms with Gasteiger partial charge in [0.15, 0.2) is 0 Å². The summed E-state index contributed by atoms with van der Waals surface area (Å²) >= 11 is 1.46. The maximum atomic E-state index is 12.1. The zero-order valence-corrected chi connectivity index (χ0v) is 11.1. The van der Waals surface area contributed by atoms with E-state index >= 15 is 0 Å². The summed E-state index contributed by atoms with van der Waals surface area (Å²) in [5.74, 6) is -0.242. The molecule has 0 unspecified atom stereocenters. The Balaban J connectivity index is 2.08. The van der Waals surface area contributed by atoms with Gasteiger partial charge in [-0.05, 0) is 19.9 Å². The predicted octanol–water partition coefficient (Wildman–Crippen LogP) is 0.486. The first kappa shape index (κ1) is 12.9. The Morgan fingerprint density at radius 1 is 1.56 bits per heavy atom. The van der Waals surface area contributed by atoms with Crippen LogP contribution in [0.5, 0.6) is 0 Å². The second-order valence-corrected chi connectivity index (χ2v) is 5.30. The molecule has 1 fully saturated rings. The number of hydrogen-bond acceptors (Lipinski definition) is 4. The Kier molecular flexibility index (Phi) is 3.60. The second-order valence-electron chi connectivity index (χ2n) is 4.30. The fraction of sp³-hybridized carbons (Fsp3) is 0.545. The summed E-state index contributed by atoms with van der Waals surface area (Å²) in [4.78, 5) is 24.5. The molecule has 2 heterocycles. The van der Waals surface area contributed by atoms with Gasteiger partial charge in [-0.1, -0.05) is 0 Å². The highest BCUT2D eigenvalue weighted by atomic mass is 32.2. The maximum Gasteiger partial charge on any atom is 0.327 e. The molecule has 0 aliphatic carbocycles. The van der Waals surface area contributed by atoms with E-state index in [1.807, 2.05) is 19.9 Å². The van der Waals surface area contributed by atoms with Gasteiger partial charge >= 0.3 is 5.97 Å². The van der Waals surface area contributed by atoms with Gasteiger partial charge in [0, 0.05) is 11.4 Å². The van der Waals surface area contributed by atoms with Crippen LogP contribution in [-0.4, -0.2) is 49.3 Å². The topological polar surface area (TPSA) is 75.4 Å². The quantitative estimate of drug-likeness (QED) is 0.864. The third-order valence-corrected chi connectivity index (χ3v) is 3.89. The summed E-state index contributed by atoms with van der Waals surface area (Å²) in [5.41, 5.74) is 1.76. The van der Waals surface area contributed by atoms with Crippen LogP contribution in [0.3, 0.4) is 0 Å². The molecule has 2 rings (SSSR count). The molecular formula is C11H15N3O3S. The number of carbonyl (C=O) groups excluding carboxylic acids is 1. The van der Waals surface area contributed by atoms with E-state index in [1.165, 1.54) is 16.7 Å². The van der Waals surface area contributed by atoms with E-state index in [-0.39, 0.29) is 12.5 Å². The number of aliphatic carboxylic acids is 1. The molecule has 0 bridgehead atoms. The van der Waals surface area contributed by atoms with Gasteiger partial charge in [-0.15, -0.1) is 11.8 Å². The van der Waals surface area contributed by atoms with Crippen molar-refractivity contribution in [3.8, 4) is 0 Å². The molecule has 18 heavy (non-hydrogen) atoms. The second kappa shape index (κ2) is 5.01. The number of hydrogen-bond donors (Lipinski definition) is 1. The molecule has 1 N–H and O–H groups in total. The first-order valence-corrected chi connectivity index (χ1v) is 6.75. The Morgan fingerprint density at radius 3 is 2.83 bits per heavy atom. The van der Waals surface area contributed by atoms with Gasteiger partial charge in [0.2, 0.25) is 5.91 Å². The number of aryl methyl sites for hydroxylation is 2. The van der Waals surface area contributed by atoms with Gasteiger partial charge in [0.25, 0.3) is 0 Å². The summed E-state index contributed by atoms with van der Waals surface area (Å²) in [5, 5.41) is 13.2. The van der Waals surface area contributed by atoms with Crippen molar-refractivity contribution >= 4 is 23.6 Å². The molecule has 0 spiro atoms. The van der Waals surface area contributed by atoms with Gasteiger partial charge < -0.3 is 10.0 Å². The molecule has 1 saturated heterocycles. The van der Waals surface area contributed by atoms with Crippen molar-refractivity contribution in [2.45, 2.75) is 26.4 Å². The first-order chi connectivity index (χ1) is 8.49. The Labute approximate surface area is 109 Å². The molecule has 0 saturated carbocycles. The van der Waals surface area contributed by atoms with Crippen molar-refractivity contribution in [2.75, 3.05) is 11.6 Å². The molecule has 1 amide bonds. The summed E-state index contributed by atoms with van der Waals surface area (Å²) in [7, 11) is 0. The first-order valence-electron chi connectivity index (χ1n) is 5.60. The molecule has 0 aromatic carbocycles. The molecule has 0 radical (unpaired) electrons. The fourth-order valence-corrected chi connectivity index (χ4v) is 3.12. The molecule has 98 valence electrons. The number of amides is 1. The third-order valence-electron chi connectivity index (χ3n) is 2.88. The lowest BCUT2D eigenvalue weighted by molar-refractivity contribution is -0.148. The van der Waals surface area contributed by atoms with Gasteiger partial charge in [-0.25, -0.2) is 4.79 Å². The van der Waals surface area contributed by atoms with E-state index < -0.39 is 12.0 Å². The number of carboxylic acid groups (broad SMARTS) is 1. The number of thioether (sulfide) groups is 1. The molecule has 7 heteroatoms. The predicted molar refractivity (Wildman–Crippen MR) is 67.3 cm³/mol. The lowest BCUT2D eigenvalue weighted by atomic mass is 10.3. The highest BCUT2D eigenvalue weighted by molar-refractivity contribution is 7.99. The highest BCUT2D eigenvalue weighted by Gasteiger charge is 2.34. The Hall–Kier alpha value is -1.50. The highest BCUT2D eigenvalue weighted by Crippen LogP contribution is 2.21. The molecular weight excluding hydrogens is 254 g/mol. The number of rotatable bonds is 3. The minimum atomic E-state index is -0.943. The van der Waals surface area contributed by atoms with E-state index in [1.54, 1.807) is 4.68 Å². The van der Waals surface area contributed by atoms with Crippen molar-refractivity contribution < 1.29 is 14.7 Å². The van der Waals surface area contributed by atoms with Crippen molar-refractivity contribution in [2.24, 2.45) is 0 Å². The van der Waals surface area contributed by atoms with Crippen molar-refractivity contribution in [3.05, 3.63) is 17.5 Å². The smallest absolute Gasteiger partial charge is 0.327 e. The fourth-order valence-electron chi connectivity index (χ4n) is 1.95. The zero-order chi connectivity index (χ0) is 13.3. The molecule has 1 atom stereocenters. The summed E-state index contributed by atoms with van der Waals surface area (Å²) in [6.07, 6.45) is 0. The van der Waals surface area contributed by atoms with Crippen molar-refractivity contribution in [1.82, 2.24) is 14.7 Å². The van der Waals surface area contributed by atoms with Crippen LogP contribution < -0.4 is 0 Å². The summed E-state index contributed by atoms with van der Waals surface area (Å²) in [6.45, 7) is 3.84. The Morgan fingerprint density at radius 2 is 2.28 bits per heavy atom. The monoisotopic (exact) mass is 269 g/mol. The van der Waals surface area contributed by atoms with E-state index in [2.05, 4.69) is 5.10 Å². The largest absolute Gasteiger partial charge is 0.480 e. The number of carbonyl (C=O) groups is 2. The molecule has 1 aromatic rings. The van der Waals surface area contributed by atoms with Gasteiger partial charge in [0.1, 0.15) is 12.6 Å². The Bertz CT molecular complexity index is 486. The molecule has 6 nitrogen and oxygen atoms in total. The van der Waals surface area contributed by atoms with E-state index in [4.69, 9.17) is 5.11 Å². The van der Waals surface area contributed by atoms with Crippen LogP contribution >= 0.6 is 11.8 Å². The van der Waals surface area contributed by atoms with Crippen LogP contribution in [0.2, 0.25) is 0 Å². The number of nitrogens with zero attached hydrogens (tertiary/aromatic N) is 3. The lowest BCUT2D eigenvalue weighted by Gasteiger charge is -2.20. The van der Waals surface area contributed by atoms with E-state index in [0.717, 1.165) is 11.4 Å². The van der Waals surface area contributed by atoms with Gasteiger partial charge in [-0.2, -0.15) is 5.10 Å². The zero-order valence-electron chi connectivity index (χ0n) is 10.3. The summed E-state index contributed by atoms with van der Waals surface area (Å²) < 4.78 is 1.61. The average Bonchev–Trinajstić information content (AvgIpc) is 2.86. The van der Waals surface area contributed by atoms with E-state index in [9.17, 15) is 9.59 Å². The normalized spacial score (nSPS) is 19.2. The van der Waals surface area contributed by atoms with E-state index in [0.29, 0.717) is 11.6 Å². The minimum Gasteiger partial charge on any atom is -0.480 e. The van der Waals surface area contributed by atoms with Crippen LogP contribution in [-0.2, 0) is 16.1 Å². The van der Waals surface area contributed by atoms with Crippen LogP contribution in [0.25, 0.3) is 0 Å². The van der Waals surface area contributed by atoms with Crippen LogP contribution in [0, 0.1) is 13.8 Å². The third kappa shape index (κ3) is 2.50. The van der Waals surface area contributed by atoms with Crippen LogP contribution in [0.15, 0.2) is 6.07 Å². The van der Waals surface area contributed by atoms with Crippen molar-refractivity contribution in [3.63, 3.8) is 0 Å². The molecule has 1 aromatic heterocycles. The average molecular weight is 269 g/mol. The molecule has 1 aliphatic heterocycles. The number of aromatic nitrogens is 2. The summed E-state index contributed by atoms with van der Waals surface area (Å²) in [6, 6.07) is 1.18. The minimum absolute atomic E-state index is 0.101. The van der Waals surface area contributed by atoms with Gasteiger partial charge in [0.05, 0.1) is 11.6 Å².